The molecule has 1 saturated heterocycles. The maximum atomic E-state index is 11.2. The van der Waals surface area contributed by atoms with E-state index in [1.54, 1.807) is 4.90 Å². The predicted molar refractivity (Wildman–Crippen MR) is 55.0 cm³/mol. The first-order valence-corrected chi connectivity index (χ1v) is 4.92. The Bertz CT molecular complexity index is 362. The first-order chi connectivity index (χ1) is 7.18. The number of primary amides is 1. The summed E-state index contributed by atoms with van der Waals surface area (Å²) in [6.07, 6.45) is 2.77. The third-order valence-corrected chi connectivity index (χ3v) is 2.58. The maximum absolute atomic E-state index is 11.2. The minimum absolute atomic E-state index is 0.249. The van der Waals surface area contributed by atoms with Gasteiger partial charge in [0.1, 0.15) is 6.04 Å². The molecule has 1 aliphatic heterocycles. The molecule has 0 aromatic carbocycles. The van der Waals surface area contributed by atoms with Crippen molar-refractivity contribution in [3.63, 3.8) is 0 Å². The summed E-state index contributed by atoms with van der Waals surface area (Å²) in [4.78, 5) is 17.0. The van der Waals surface area contributed by atoms with Gasteiger partial charge in [-0.25, -0.2) is 5.10 Å². The quantitative estimate of drug-likeness (QED) is 0.593. The fourth-order valence-electron chi connectivity index (χ4n) is 1.86. The molecule has 1 aromatic heterocycles. The summed E-state index contributed by atoms with van der Waals surface area (Å²) in [5.74, 6) is 0.368. The number of aromatic amines is 1. The number of carbonyl (C=O) groups excluding carboxylic acids is 1. The van der Waals surface area contributed by atoms with E-state index in [2.05, 4.69) is 15.2 Å². The summed E-state index contributed by atoms with van der Waals surface area (Å²) in [6.45, 7) is 0.741. The van der Waals surface area contributed by atoms with Gasteiger partial charge in [-0.1, -0.05) is 0 Å². The van der Waals surface area contributed by atoms with Crippen LogP contribution in [0.15, 0.2) is 0 Å². The minimum atomic E-state index is -0.335. The molecule has 2 rings (SSSR count). The Labute approximate surface area is 86.8 Å². The standard InChI is InChI=1S/C8H14N6O/c9-6(15)5-3-1-2-4-14(5)8-11-7(10)12-13-8/h5H,1-4H2,(H2,9,15)(H3,10,11,12,13). The second-order valence-electron chi connectivity index (χ2n) is 3.63. The zero-order valence-electron chi connectivity index (χ0n) is 8.31. The number of hydrogen-bond donors (Lipinski definition) is 3. The van der Waals surface area contributed by atoms with Gasteiger partial charge in [-0.2, -0.15) is 4.98 Å². The number of carbonyl (C=O) groups is 1. The normalized spacial score (nSPS) is 21.6. The first-order valence-electron chi connectivity index (χ1n) is 4.92. The van der Waals surface area contributed by atoms with Crippen molar-refractivity contribution < 1.29 is 4.79 Å². The number of hydrogen-bond acceptors (Lipinski definition) is 5. The summed E-state index contributed by atoms with van der Waals surface area (Å²) in [7, 11) is 0. The number of H-pyrrole nitrogens is 1. The number of nitrogens with one attached hydrogen (secondary N) is 1. The van der Waals surface area contributed by atoms with Gasteiger partial charge in [0.15, 0.2) is 0 Å². The number of nitrogens with zero attached hydrogens (tertiary/aromatic N) is 3. The molecule has 7 nitrogen and oxygen atoms in total. The largest absolute Gasteiger partial charge is 0.368 e. The summed E-state index contributed by atoms with van der Waals surface area (Å²) in [5, 5.41) is 6.48. The fraction of sp³-hybridized carbons (Fsp3) is 0.625. The Morgan fingerprint density at radius 3 is 2.93 bits per heavy atom. The molecular weight excluding hydrogens is 196 g/mol. The number of aromatic nitrogens is 3. The fourth-order valence-corrected chi connectivity index (χ4v) is 1.86. The van der Waals surface area contributed by atoms with Crippen molar-refractivity contribution in [3.8, 4) is 0 Å². The van der Waals surface area contributed by atoms with E-state index in [-0.39, 0.29) is 17.9 Å². The third-order valence-electron chi connectivity index (χ3n) is 2.58. The number of nitrogens with two attached hydrogens (primary N) is 2. The van der Waals surface area contributed by atoms with Gasteiger partial charge in [0, 0.05) is 6.54 Å². The van der Waals surface area contributed by atoms with E-state index in [4.69, 9.17) is 11.5 Å². The Morgan fingerprint density at radius 1 is 1.53 bits per heavy atom. The molecule has 15 heavy (non-hydrogen) atoms. The monoisotopic (exact) mass is 210 g/mol. The average Bonchev–Trinajstić information content (AvgIpc) is 2.65. The molecule has 1 unspecified atom stereocenters. The van der Waals surface area contributed by atoms with Crippen LogP contribution < -0.4 is 16.4 Å². The Balaban J connectivity index is 2.21. The van der Waals surface area contributed by atoms with Gasteiger partial charge in [-0.05, 0) is 19.3 Å². The zero-order chi connectivity index (χ0) is 10.8. The predicted octanol–water partition coefficient (Wildman–Crippen LogP) is -0.769. The molecule has 1 aliphatic rings. The first kappa shape index (κ1) is 9.75. The van der Waals surface area contributed by atoms with Gasteiger partial charge < -0.3 is 16.4 Å². The average molecular weight is 210 g/mol. The second-order valence-corrected chi connectivity index (χ2v) is 3.63. The van der Waals surface area contributed by atoms with Crippen molar-refractivity contribution in [1.29, 1.82) is 0 Å². The summed E-state index contributed by atoms with van der Waals surface area (Å²) < 4.78 is 0. The highest BCUT2D eigenvalue weighted by molar-refractivity contribution is 5.83. The molecule has 5 N–H and O–H groups in total. The third kappa shape index (κ3) is 1.85. The van der Waals surface area contributed by atoms with Gasteiger partial charge in [0.2, 0.25) is 17.8 Å². The molecule has 0 radical (unpaired) electrons. The van der Waals surface area contributed by atoms with E-state index < -0.39 is 0 Å². The van der Waals surface area contributed by atoms with Crippen LogP contribution in [0.25, 0.3) is 0 Å². The Hall–Kier alpha value is -1.79. The van der Waals surface area contributed by atoms with Crippen LogP contribution in [-0.2, 0) is 4.79 Å². The van der Waals surface area contributed by atoms with Crippen molar-refractivity contribution in [3.05, 3.63) is 0 Å². The highest BCUT2D eigenvalue weighted by Crippen LogP contribution is 2.21. The molecule has 7 heteroatoms. The Morgan fingerprint density at radius 2 is 2.33 bits per heavy atom. The SMILES string of the molecule is NC(=O)C1CCCCN1c1n[nH]c(N)n1. The summed E-state index contributed by atoms with van der Waals surface area (Å²) >= 11 is 0. The number of nitrogen functional groups attached to an aromatic ring is 1. The van der Waals surface area contributed by atoms with E-state index >= 15 is 0 Å². The minimum Gasteiger partial charge on any atom is -0.368 e. The van der Waals surface area contributed by atoms with E-state index in [9.17, 15) is 4.79 Å². The summed E-state index contributed by atoms with van der Waals surface area (Å²) in [6, 6.07) is -0.311. The van der Waals surface area contributed by atoms with Crippen molar-refractivity contribution in [1.82, 2.24) is 15.2 Å². The second kappa shape index (κ2) is 3.76. The molecular formula is C8H14N6O. The molecule has 0 bridgehead atoms. The molecule has 1 amide bonds. The Kier molecular flexibility index (Phi) is 2.44. The topological polar surface area (TPSA) is 114 Å². The van der Waals surface area contributed by atoms with Gasteiger partial charge in [-0.3, -0.25) is 4.79 Å². The van der Waals surface area contributed by atoms with E-state index in [0.717, 1.165) is 25.8 Å². The molecule has 82 valence electrons. The number of piperidine rings is 1. The highest BCUT2D eigenvalue weighted by atomic mass is 16.1. The molecule has 0 aliphatic carbocycles. The van der Waals surface area contributed by atoms with Crippen LogP contribution in [0.5, 0.6) is 0 Å². The van der Waals surface area contributed by atoms with Gasteiger partial charge in [0.05, 0.1) is 0 Å². The maximum Gasteiger partial charge on any atom is 0.246 e. The molecule has 0 saturated carbocycles. The molecule has 1 fully saturated rings. The van der Waals surface area contributed by atoms with Crippen LogP contribution in [0, 0.1) is 0 Å². The van der Waals surface area contributed by atoms with Crippen LogP contribution in [0.3, 0.4) is 0 Å². The van der Waals surface area contributed by atoms with Crippen molar-refractivity contribution in [2.75, 3.05) is 17.2 Å². The van der Waals surface area contributed by atoms with Gasteiger partial charge in [-0.15, -0.1) is 5.10 Å². The highest BCUT2D eigenvalue weighted by Gasteiger charge is 2.29. The van der Waals surface area contributed by atoms with Crippen molar-refractivity contribution in [2.24, 2.45) is 5.73 Å². The molecule has 0 spiro atoms. The van der Waals surface area contributed by atoms with Crippen LogP contribution in [0.2, 0.25) is 0 Å². The lowest BCUT2D eigenvalue weighted by molar-refractivity contribution is -0.119. The van der Waals surface area contributed by atoms with E-state index in [1.807, 2.05) is 0 Å². The number of anilines is 2. The van der Waals surface area contributed by atoms with E-state index in [1.165, 1.54) is 0 Å². The van der Waals surface area contributed by atoms with Crippen LogP contribution in [-0.4, -0.2) is 33.7 Å². The number of rotatable bonds is 2. The zero-order valence-corrected chi connectivity index (χ0v) is 8.31. The van der Waals surface area contributed by atoms with Gasteiger partial charge >= 0.3 is 0 Å². The van der Waals surface area contributed by atoms with Crippen LogP contribution >= 0.6 is 0 Å². The molecule has 1 atom stereocenters. The lowest BCUT2D eigenvalue weighted by Crippen LogP contribution is -2.48. The van der Waals surface area contributed by atoms with Crippen molar-refractivity contribution in [2.45, 2.75) is 25.3 Å². The lowest BCUT2D eigenvalue weighted by Gasteiger charge is -2.32. The van der Waals surface area contributed by atoms with Gasteiger partial charge in [0.25, 0.3) is 0 Å². The molecule has 2 heterocycles. The van der Waals surface area contributed by atoms with Crippen molar-refractivity contribution >= 4 is 17.8 Å². The number of amides is 1. The summed E-state index contributed by atoms with van der Waals surface area (Å²) in [5.41, 5.74) is 10.8. The smallest absolute Gasteiger partial charge is 0.246 e. The van der Waals surface area contributed by atoms with Crippen LogP contribution in [0.1, 0.15) is 19.3 Å². The van der Waals surface area contributed by atoms with E-state index in [0.29, 0.717) is 5.95 Å². The lowest BCUT2D eigenvalue weighted by atomic mass is 10.0. The molecule has 1 aromatic rings. The van der Waals surface area contributed by atoms with Crippen LogP contribution in [0.4, 0.5) is 11.9 Å².